The first kappa shape index (κ1) is 12.7. The van der Waals surface area contributed by atoms with Gasteiger partial charge in [-0.2, -0.15) is 0 Å². The van der Waals surface area contributed by atoms with Crippen molar-refractivity contribution in [2.24, 2.45) is 11.8 Å². The highest BCUT2D eigenvalue weighted by molar-refractivity contribution is 5.74. The van der Waals surface area contributed by atoms with Crippen LogP contribution in [0.2, 0.25) is 0 Å². The molecule has 2 rings (SSSR count). The van der Waals surface area contributed by atoms with Gasteiger partial charge in [0.05, 0.1) is 0 Å². The number of nitrogens with one attached hydrogen (secondary N) is 1. The van der Waals surface area contributed by atoms with Crippen molar-refractivity contribution in [3.8, 4) is 0 Å². The first-order valence-electron chi connectivity index (χ1n) is 7.24. The molecule has 3 nitrogen and oxygen atoms in total. The lowest BCUT2D eigenvalue weighted by Crippen LogP contribution is -2.48. The van der Waals surface area contributed by atoms with Crippen molar-refractivity contribution in [1.82, 2.24) is 10.2 Å². The zero-order valence-corrected chi connectivity index (χ0v) is 11.2. The third-order valence-corrected chi connectivity index (χ3v) is 4.08. The van der Waals surface area contributed by atoms with Gasteiger partial charge in [-0.25, -0.2) is 4.79 Å². The number of amides is 2. The molecule has 2 aliphatic rings. The molecule has 2 unspecified atom stereocenters. The van der Waals surface area contributed by atoms with Crippen molar-refractivity contribution in [1.29, 1.82) is 0 Å². The number of piperidine rings is 1. The summed E-state index contributed by atoms with van der Waals surface area (Å²) in [5, 5.41) is 3.22. The van der Waals surface area contributed by atoms with E-state index in [9.17, 15) is 4.79 Å². The van der Waals surface area contributed by atoms with Crippen molar-refractivity contribution >= 4 is 6.03 Å². The number of urea groups is 1. The van der Waals surface area contributed by atoms with E-state index < -0.39 is 0 Å². The van der Waals surface area contributed by atoms with Crippen LogP contribution in [0.3, 0.4) is 0 Å². The van der Waals surface area contributed by atoms with E-state index in [1.807, 2.05) is 4.90 Å². The molecule has 0 bridgehead atoms. The predicted octanol–water partition coefficient (Wildman–Crippen LogP) is 3.01. The Kier molecular flexibility index (Phi) is 4.30. The van der Waals surface area contributed by atoms with Crippen molar-refractivity contribution in [2.45, 2.75) is 58.4 Å². The van der Waals surface area contributed by atoms with E-state index >= 15 is 0 Å². The Labute approximate surface area is 105 Å². The van der Waals surface area contributed by atoms with Crippen LogP contribution < -0.4 is 5.32 Å². The molecule has 0 aromatic heterocycles. The molecule has 0 aromatic rings. The van der Waals surface area contributed by atoms with Crippen LogP contribution in [0.4, 0.5) is 4.79 Å². The van der Waals surface area contributed by atoms with Crippen LogP contribution in [0.5, 0.6) is 0 Å². The average Bonchev–Trinajstić information content (AvgIpc) is 3.12. The molecule has 1 saturated heterocycles. The van der Waals surface area contributed by atoms with Gasteiger partial charge in [-0.3, -0.25) is 0 Å². The molecule has 0 radical (unpaired) electrons. The van der Waals surface area contributed by atoms with Gasteiger partial charge in [0.25, 0.3) is 0 Å². The van der Waals surface area contributed by atoms with Crippen molar-refractivity contribution in [3.05, 3.63) is 0 Å². The van der Waals surface area contributed by atoms with Crippen LogP contribution in [0, 0.1) is 11.8 Å². The third-order valence-electron chi connectivity index (χ3n) is 4.08. The quantitative estimate of drug-likeness (QED) is 0.802. The summed E-state index contributed by atoms with van der Waals surface area (Å²) in [5.41, 5.74) is 0. The topological polar surface area (TPSA) is 32.3 Å². The third kappa shape index (κ3) is 3.90. The molecule has 0 aromatic carbocycles. The Morgan fingerprint density at radius 1 is 1.41 bits per heavy atom. The highest BCUT2D eigenvalue weighted by Crippen LogP contribution is 2.34. The molecule has 2 amide bonds. The number of carbonyl (C=O) groups excluding carboxylic acids is 1. The van der Waals surface area contributed by atoms with Crippen molar-refractivity contribution < 1.29 is 4.79 Å². The van der Waals surface area contributed by atoms with E-state index in [1.54, 1.807) is 0 Å². The van der Waals surface area contributed by atoms with Gasteiger partial charge in [-0.15, -0.1) is 0 Å². The molecule has 2 fully saturated rings. The lowest BCUT2D eigenvalue weighted by molar-refractivity contribution is 0.165. The van der Waals surface area contributed by atoms with E-state index in [2.05, 4.69) is 19.2 Å². The van der Waals surface area contributed by atoms with Gasteiger partial charge in [-0.05, 0) is 37.5 Å². The number of hydrogen-bond donors (Lipinski definition) is 1. The molecule has 1 saturated carbocycles. The number of likely N-dealkylation sites (tertiary alicyclic amines) is 1. The Morgan fingerprint density at radius 3 is 2.76 bits per heavy atom. The fraction of sp³-hybridized carbons (Fsp3) is 0.929. The molecule has 0 spiro atoms. The molecule has 1 N–H and O–H groups in total. The van der Waals surface area contributed by atoms with E-state index in [0.29, 0.717) is 12.0 Å². The lowest BCUT2D eigenvalue weighted by Gasteiger charge is -2.32. The summed E-state index contributed by atoms with van der Waals surface area (Å²) >= 11 is 0. The fourth-order valence-electron chi connectivity index (χ4n) is 2.72. The van der Waals surface area contributed by atoms with Crippen LogP contribution in [-0.2, 0) is 0 Å². The number of hydrogen-bond acceptors (Lipinski definition) is 1. The normalized spacial score (nSPS) is 26.7. The van der Waals surface area contributed by atoms with Crippen LogP contribution in [0.1, 0.15) is 52.4 Å². The SMILES string of the molecule is CCC(CC1CC1)NC(=O)N1CCCC(C)C1. The zero-order valence-electron chi connectivity index (χ0n) is 11.2. The van der Waals surface area contributed by atoms with E-state index in [1.165, 1.54) is 25.7 Å². The van der Waals surface area contributed by atoms with Crippen molar-refractivity contribution in [2.75, 3.05) is 13.1 Å². The number of carbonyl (C=O) groups is 1. The Hall–Kier alpha value is -0.730. The summed E-state index contributed by atoms with van der Waals surface area (Å²) in [5.74, 6) is 1.55. The molecular formula is C14H26N2O. The molecule has 98 valence electrons. The maximum absolute atomic E-state index is 12.1. The predicted molar refractivity (Wildman–Crippen MR) is 69.9 cm³/mol. The summed E-state index contributed by atoms with van der Waals surface area (Å²) in [7, 11) is 0. The number of nitrogens with zero attached hydrogens (tertiary/aromatic N) is 1. The summed E-state index contributed by atoms with van der Waals surface area (Å²) in [6.45, 7) is 6.29. The minimum absolute atomic E-state index is 0.170. The van der Waals surface area contributed by atoms with Gasteiger partial charge in [0, 0.05) is 19.1 Å². The smallest absolute Gasteiger partial charge is 0.317 e. The van der Waals surface area contributed by atoms with Gasteiger partial charge in [0.1, 0.15) is 0 Å². The van der Waals surface area contributed by atoms with E-state index in [4.69, 9.17) is 0 Å². The molecule has 1 aliphatic heterocycles. The molecule has 1 aliphatic carbocycles. The van der Waals surface area contributed by atoms with Crippen LogP contribution >= 0.6 is 0 Å². The highest BCUT2D eigenvalue weighted by atomic mass is 16.2. The lowest BCUT2D eigenvalue weighted by atomic mass is 10.0. The number of rotatable bonds is 4. The van der Waals surface area contributed by atoms with Gasteiger partial charge < -0.3 is 10.2 Å². The van der Waals surface area contributed by atoms with Crippen LogP contribution in [0.25, 0.3) is 0 Å². The molecule has 1 heterocycles. The largest absolute Gasteiger partial charge is 0.335 e. The Balaban J connectivity index is 1.77. The molecule has 3 heteroatoms. The Morgan fingerprint density at radius 2 is 2.18 bits per heavy atom. The molecule has 2 atom stereocenters. The second kappa shape index (κ2) is 5.74. The van der Waals surface area contributed by atoms with E-state index in [-0.39, 0.29) is 6.03 Å². The van der Waals surface area contributed by atoms with Crippen LogP contribution in [0.15, 0.2) is 0 Å². The summed E-state index contributed by atoms with van der Waals surface area (Å²) < 4.78 is 0. The highest BCUT2D eigenvalue weighted by Gasteiger charge is 2.27. The minimum Gasteiger partial charge on any atom is -0.335 e. The maximum atomic E-state index is 12.1. The Bertz CT molecular complexity index is 263. The fourth-order valence-corrected chi connectivity index (χ4v) is 2.72. The second-order valence-corrected chi connectivity index (χ2v) is 5.93. The van der Waals surface area contributed by atoms with Crippen LogP contribution in [-0.4, -0.2) is 30.1 Å². The zero-order chi connectivity index (χ0) is 12.3. The van der Waals surface area contributed by atoms with Gasteiger partial charge in [0.2, 0.25) is 0 Å². The first-order chi connectivity index (χ1) is 8.19. The average molecular weight is 238 g/mol. The summed E-state index contributed by atoms with van der Waals surface area (Å²) in [4.78, 5) is 14.1. The molecule has 17 heavy (non-hydrogen) atoms. The minimum atomic E-state index is 0.170. The molecular weight excluding hydrogens is 212 g/mol. The van der Waals surface area contributed by atoms with E-state index in [0.717, 1.165) is 31.8 Å². The van der Waals surface area contributed by atoms with Gasteiger partial charge >= 0.3 is 6.03 Å². The summed E-state index contributed by atoms with van der Waals surface area (Å²) in [6.07, 6.45) is 7.41. The standard InChI is InChI=1S/C14H26N2O/c1-3-13(9-12-6-7-12)15-14(17)16-8-4-5-11(2)10-16/h11-13H,3-10H2,1-2H3,(H,15,17). The van der Waals surface area contributed by atoms with Gasteiger partial charge in [0.15, 0.2) is 0 Å². The maximum Gasteiger partial charge on any atom is 0.317 e. The van der Waals surface area contributed by atoms with Gasteiger partial charge in [-0.1, -0.05) is 26.7 Å². The van der Waals surface area contributed by atoms with Crippen molar-refractivity contribution in [3.63, 3.8) is 0 Å². The summed E-state index contributed by atoms with van der Waals surface area (Å²) in [6, 6.07) is 0.566. The first-order valence-corrected chi connectivity index (χ1v) is 7.24. The second-order valence-electron chi connectivity index (χ2n) is 5.93. The monoisotopic (exact) mass is 238 g/mol.